The number of phenols is 1. The minimum absolute atomic E-state index is 0.0218. The first kappa shape index (κ1) is 19.6. The Hall–Kier alpha value is -4.10. The van der Waals surface area contributed by atoms with Crippen LogP contribution in [0.4, 0.5) is 0 Å². The molecule has 2 aromatic carbocycles. The number of hydrogen-bond acceptors (Lipinski definition) is 4. The third kappa shape index (κ3) is 3.43. The number of phenolic OH excluding ortho intramolecular Hbond substituents is 1. The highest BCUT2D eigenvalue weighted by Gasteiger charge is 2.22. The van der Waals surface area contributed by atoms with Crippen LogP contribution in [0.3, 0.4) is 0 Å². The maximum atomic E-state index is 13.0. The van der Waals surface area contributed by atoms with E-state index in [9.17, 15) is 9.90 Å². The number of aromatic amines is 2. The van der Waals surface area contributed by atoms with E-state index in [1.165, 1.54) is 0 Å². The molecule has 5 aromatic rings. The second-order valence-electron chi connectivity index (χ2n) is 8.24. The molecule has 33 heavy (non-hydrogen) atoms. The van der Waals surface area contributed by atoms with Gasteiger partial charge < -0.3 is 24.7 Å². The van der Waals surface area contributed by atoms with Crippen LogP contribution in [-0.2, 0) is 4.74 Å². The average Bonchev–Trinajstić information content (AvgIpc) is 3.50. The molecule has 3 N–H and O–H groups in total. The van der Waals surface area contributed by atoms with Gasteiger partial charge in [-0.05, 0) is 52.9 Å². The standard InChI is InChI=1S/C26H22N4O3/c31-24-4-2-16(12-21(24)26(32)30-7-9-33-10-8-30)19-13-20-22(15-29-25(20)28-14-19)17-1-3-23-18(11-17)5-6-27-23/h1-6,11-15,27,31H,7-10H2,(H,28,29). The van der Waals surface area contributed by atoms with Gasteiger partial charge in [-0.15, -0.1) is 0 Å². The van der Waals surface area contributed by atoms with Gasteiger partial charge in [-0.2, -0.15) is 0 Å². The first-order valence-electron chi connectivity index (χ1n) is 10.9. The number of carbonyl (C=O) groups excluding carboxylic acids is 1. The van der Waals surface area contributed by atoms with Crippen molar-refractivity contribution in [2.24, 2.45) is 0 Å². The predicted octanol–water partition coefficient (Wildman–Crippen LogP) is 4.56. The molecule has 1 amide bonds. The number of rotatable bonds is 3. The van der Waals surface area contributed by atoms with Gasteiger partial charge in [0, 0.05) is 53.7 Å². The van der Waals surface area contributed by atoms with Gasteiger partial charge in [0.05, 0.1) is 18.8 Å². The Morgan fingerprint density at radius 2 is 1.82 bits per heavy atom. The molecular weight excluding hydrogens is 416 g/mol. The van der Waals surface area contributed by atoms with Crippen LogP contribution in [-0.4, -0.2) is 57.2 Å². The fraction of sp³-hybridized carbons (Fsp3) is 0.154. The molecule has 4 heterocycles. The minimum Gasteiger partial charge on any atom is -0.507 e. The monoisotopic (exact) mass is 438 g/mol. The van der Waals surface area contributed by atoms with Crippen molar-refractivity contribution in [3.05, 3.63) is 72.7 Å². The molecule has 0 radical (unpaired) electrons. The number of H-pyrrole nitrogens is 2. The lowest BCUT2D eigenvalue weighted by atomic mass is 9.99. The largest absolute Gasteiger partial charge is 0.507 e. The third-order valence-corrected chi connectivity index (χ3v) is 6.25. The molecule has 0 aliphatic carbocycles. The zero-order valence-corrected chi connectivity index (χ0v) is 17.8. The first-order chi connectivity index (χ1) is 16.2. The Balaban J connectivity index is 1.40. The zero-order chi connectivity index (χ0) is 22.4. The summed E-state index contributed by atoms with van der Waals surface area (Å²) >= 11 is 0. The Labute approximate surface area is 189 Å². The highest BCUT2D eigenvalue weighted by Crippen LogP contribution is 2.33. The molecule has 1 aliphatic heterocycles. The molecule has 1 aliphatic rings. The van der Waals surface area contributed by atoms with Gasteiger partial charge >= 0.3 is 0 Å². The van der Waals surface area contributed by atoms with E-state index in [0.717, 1.165) is 44.2 Å². The Bertz CT molecular complexity index is 1490. The van der Waals surface area contributed by atoms with Gasteiger partial charge in [-0.3, -0.25) is 4.79 Å². The number of amides is 1. The fourth-order valence-electron chi connectivity index (χ4n) is 4.44. The Morgan fingerprint density at radius 1 is 0.970 bits per heavy atom. The molecule has 7 nitrogen and oxygen atoms in total. The maximum Gasteiger partial charge on any atom is 0.257 e. The van der Waals surface area contributed by atoms with E-state index in [1.54, 1.807) is 23.2 Å². The zero-order valence-electron chi connectivity index (χ0n) is 17.8. The van der Waals surface area contributed by atoms with E-state index in [1.807, 2.05) is 18.5 Å². The van der Waals surface area contributed by atoms with Crippen LogP contribution in [0.1, 0.15) is 10.4 Å². The molecule has 1 fully saturated rings. The van der Waals surface area contributed by atoms with Crippen molar-refractivity contribution in [3.63, 3.8) is 0 Å². The second kappa shape index (κ2) is 7.79. The summed E-state index contributed by atoms with van der Waals surface area (Å²) in [4.78, 5) is 25.8. The molecule has 3 aromatic heterocycles. The molecule has 1 saturated heterocycles. The quantitative estimate of drug-likeness (QED) is 0.385. The first-order valence-corrected chi connectivity index (χ1v) is 10.9. The Kier molecular flexibility index (Phi) is 4.62. The predicted molar refractivity (Wildman–Crippen MR) is 127 cm³/mol. The molecule has 164 valence electrons. The third-order valence-electron chi connectivity index (χ3n) is 6.25. The number of morpholine rings is 1. The van der Waals surface area contributed by atoms with E-state index >= 15 is 0 Å². The summed E-state index contributed by atoms with van der Waals surface area (Å²) < 4.78 is 5.34. The lowest BCUT2D eigenvalue weighted by Gasteiger charge is -2.27. The minimum atomic E-state index is -0.186. The van der Waals surface area contributed by atoms with Crippen molar-refractivity contribution in [3.8, 4) is 28.0 Å². The number of aromatic nitrogens is 3. The highest BCUT2D eigenvalue weighted by atomic mass is 16.5. The van der Waals surface area contributed by atoms with Crippen LogP contribution in [0.5, 0.6) is 5.75 Å². The van der Waals surface area contributed by atoms with Crippen LogP contribution < -0.4 is 0 Å². The summed E-state index contributed by atoms with van der Waals surface area (Å²) in [6.45, 7) is 2.07. The fourth-order valence-corrected chi connectivity index (χ4v) is 4.44. The molecule has 7 heteroatoms. The highest BCUT2D eigenvalue weighted by molar-refractivity contribution is 6.00. The van der Waals surface area contributed by atoms with E-state index in [-0.39, 0.29) is 11.7 Å². The Morgan fingerprint density at radius 3 is 2.70 bits per heavy atom. The summed E-state index contributed by atoms with van der Waals surface area (Å²) in [6, 6.07) is 15.6. The maximum absolute atomic E-state index is 13.0. The van der Waals surface area contributed by atoms with Crippen molar-refractivity contribution in [1.29, 1.82) is 0 Å². The van der Waals surface area contributed by atoms with Gasteiger partial charge in [-0.25, -0.2) is 4.98 Å². The lowest BCUT2D eigenvalue weighted by Crippen LogP contribution is -2.40. The lowest BCUT2D eigenvalue weighted by molar-refractivity contribution is 0.0301. The van der Waals surface area contributed by atoms with Crippen molar-refractivity contribution in [2.75, 3.05) is 26.3 Å². The summed E-state index contributed by atoms with van der Waals surface area (Å²) in [5, 5.41) is 12.5. The molecule has 0 saturated carbocycles. The van der Waals surface area contributed by atoms with Crippen LogP contribution in [0.15, 0.2) is 67.1 Å². The number of pyridine rings is 1. The molecule has 6 rings (SSSR count). The van der Waals surface area contributed by atoms with Crippen molar-refractivity contribution >= 4 is 27.8 Å². The summed E-state index contributed by atoms with van der Waals surface area (Å²) in [7, 11) is 0. The molecule has 0 bridgehead atoms. The van der Waals surface area contributed by atoms with Gasteiger partial charge in [0.15, 0.2) is 0 Å². The van der Waals surface area contributed by atoms with Crippen molar-refractivity contribution in [1.82, 2.24) is 19.9 Å². The van der Waals surface area contributed by atoms with E-state index in [4.69, 9.17) is 4.74 Å². The van der Waals surface area contributed by atoms with Gasteiger partial charge in [0.2, 0.25) is 0 Å². The van der Waals surface area contributed by atoms with Crippen molar-refractivity contribution < 1.29 is 14.6 Å². The number of hydrogen-bond donors (Lipinski definition) is 3. The number of aromatic hydroxyl groups is 1. The number of benzene rings is 2. The number of fused-ring (bicyclic) bond motifs is 2. The summed E-state index contributed by atoms with van der Waals surface area (Å²) in [5.74, 6) is -0.208. The van der Waals surface area contributed by atoms with Crippen LogP contribution >= 0.6 is 0 Å². The average molecular weight is 438 g/mol. The topological polar surface area (TPSA) is 94.2 Å². The van der Waals surface area contributed by atoms with Crippen LogP contribution in [0.2, 0.25) is 0 Å². The van der Waals surface area contributed by atoms with Gasteiger partial charge in [0.25, 0.3) is 5.91 Å². The summed E-state index contributed by atoms with van der Waals surface area (Å²) in [5.41, 5.74) is 6.05. The summed E-state index contributed by atoms with van der Waals surface area (Å²) in [6.07, 6.45) is 5.69. The van der Waals surface area contributed by atoms with Crippen LogP contribution in [0.25, 0.3) is 44.2 Å². The number of ether oxygens (including phenoxy) is 1. The molecule has 0 spiro atoms. The number of carbonyl (C=O) groups is 1. The smallest absolute Gasteiger partial charge is 0.257 e. The van der Waals surface area contributed by atoms with E-state index < -0.39 is 0 Å². The molecule has 0 unspecified atom stereocenters. The number of nitrogens with zero attached hydrogens (tertiary/aromatic N) is 2. The van der Waals surface area contributed by atoms with Crippen molar-refractivity contribution in [2.45, 2.75) is 0 Å². The number of nitrogens with one attached hydrogen (secondary N) is 2. The van der Waals surface area contributed by atoms with E-state index in [2.05, 4.69) is 45.3 Å². The SMILES string of the molecule is O=C(c1cc(-c2cnc3[nH]cc(-c4ccc5[nH]ccc5c4)c3c2)ccc1O)N1CCOCC1. The van der Waals surface area contributed by atoms with Gasteiger partial charge in [-0.1, -0.05) is 12.1 Å². The van der Waals surface area contributed by atoms with E-state index in [0.29, 0.717) is 31.9 Å². The molecular formula is C26H22N4O3. The normalized spacial score (nSPS) is 14.2. The molecule has 0 atom stereocenters. The second-order valence-corrected chi connectivity index (χ2v) is 8.24. The van der Waals surface area contributed by atoms with Crippen LogP contribution in [0, 0.1) is 0 Å². The van der Waals surface area contributed by atoms with Gasteiger partial charge in [0.1, 0.15) is 11.4 Å².